The molecule has 3 rings (SSSR count). The number of epoxide rings is 1. The van der Waals surface area contributed by atoms with E-state index >= 15 is 0 Å². The van der Waals surface area contributed by atoms with E-state index < -0.39 is 5.97 Å². The average molecular weight is 312 g/mol. The third-order valence-corrected chi connectivity index (χ3v) is 4.55. The molecule has 0 spiro atoms. The smallest absolute Gasteiger partial charge is 0.154 e. The van der Waals surface area contributed by atoms with Crippen molar-refractivity contribution in [3.8, 4) is 5.75 Å². The highest BCUT2D eigenvalue weighted by Gasteiger charge is 2.24. The summed E-state index contributed by atoms with van der Waals surface area (Å²) in [6, 6.07) is 3.30. The molecule has 2 aromatic rings. The zero-order valence-electron chi connectivity index (χ0n) is 10.1. The Morgan fingerprint density at radius 2 is 2.35 bits per heavy atom. The van der Waals surface area contributed by atoms with Gasteiger partial charge in [-0.2, -0.15) is 0 Å². The Morgan fingerprint density at radius 3 is 2.95 bits per heavy atom. The Hall–Kier alpha value is -1.63. The number of rotatable bonds is 5. The van der Waals surface area contributed by atoms with Crippen molar-refractivity contribution in [3.63, 3.8) is 0 Å². The van der Waals surface area contributed by atoms with Crippen LogP contribution in [0.15, 0.2) is 12.1 Å². The third kappa shape index (κ3) is 2.26. The van der Waals surface area contributed by atoms with Crippen LogP contribution in [0.1, 0.15) is 20.0 Å². The van der Waals surface area contributed by atoms with Gasteiger partial charge < -0.3 is 19.4 Å². The number of carbonyl (C=O) groups is 2. The fourth-order valence-electron chi connectivity index (χ4n) is 1.88. The molecule has 1 aliphatic rings. The van der Waals surface area contributed by atoms with Crippen molar-refractivity contribution >= 4 is 45.3 Å². The molecular weight excluding hydrogens is 304 g/mol. The molecule has 0 amide bonds. The second kappa shape index (κ2) is 5.05. The molecule has 0 saturated carbocycles. The number of carboxylic acid groups (broad SMARTS) is 1. The zero-order valence-corrected chi connectivity index (χ0v) is 11.6. The number of aldehydes is 1. The maximum atomic E-state index is 11.3. The molecular formula is C13H8ClO5S-. The van der Waals surface area contributed by atoms with E-state index in [-0.39, 0.29) is 21.6 Å². The van der Waals surface area contributed by atoms with Gasteiger partial charge in [-0.15, -0.1) is 11.3 Å². The van der Waals surface area contributed by atoms with Crippen LogP contribution in [0.2, 0.25) is 5.02 Å². The lowest BCUT2D eigenvalue weighted by atomic mass is 10.1. The number of ether oxygens (including phenoxy) is 2. The number of hydrogen-bond acceptors (Lipinski definition) is 6. The van der Waals surface area contributed by atoms with Crippen LogP contribution >= 0.6 is 22.9 Å². The molecule has 20 heavy (non-hydrogen) atoms. The minimum Gasteiger partial charge on any atom is -0.544 e. The van der Waals surface area contributed by atoms with Crippen LogP contribution in [0.4, 0.5) is 0 Å². The molecule has 1 unspecified atom stereocenters. The van der Waals surface area contributed by atoms with E-state index in [4.69, 9.17) is 21.1 Å². The van der Waals surface area contributed by atoms with Gasteiger partial charge >= 0.3 is 0 Å². The summed E-state index contributed by atoms with van der Waals surface area (Å²) in [5, 5.41) is 11.4. The molecule has 7 heteroatoms. The Bertz CT molecular complexity index is 704. The summed E-state index contributed by atoms with van der Waals surface area (Å²) in [7, 11) is 0. The molecule has 5 nitrogen and oxygen atoms in total. The van der Waals surface area contributed by atoms with Gasteiger partial charge in [0, 0.05) is 10.1 Å². The number of hydrogen-bond donors (Lipinski definition) is 0. The van der Waals surface area contributed by atoms with E-state index in [0.29, 0.717) is 35.3 Å². The van der Waals surface area contributed by atoms with E-state index in [0.717, 1.165) is 11.3 Å². The average Bonchev–Trinajstić information content (AvgIpc) is 3.19. The van der Waals surface area contributed by atoms with Gasteiger partial charge in [-0.25, -0.2) is 0 Å². The molecule has 1 saturated heterocycles. The topological polar surface area (TPSA) is 79.0 Å². The van der Waals surface area contributed by atoms with Crippen LogP contribution in [0.3, 0.4) is 0 Å². The van der Waals surface area contributed by atoms with Crippen molar-refractivity contribution in [3.05, 3.63) is 27.6 Å². The Kier molecular flexibility index (Phi) is 3.37. The summed E-state index contributed by atoms with van der Waals surface area (Å²) in [4.78, 5) is 22.2. The molecule has 0 bridgehead atoms. The summed E-state index contributed by atoms with van der Waals surface area (Å²) in [5.74, 6) is -0.991. The summed E-state index contributed by atoms with van der Waals surface area (Å²) in [5.41, 5.74) is 0.247. The Balaban J connectivity index is 2.10. The van der Waals surface area contributed by atoms with E-state index in [1.165, 1.54) is 0 Å². The van der Waals surface area contributed by atoms with Crippen molar-refractivity contribution < 1.29 is 24.2 Å². The van der Waals surface area contributed by atoms with Crippen LogP contribution in [0.25, 0.3) is 10.1 Å². The number of carbonyl (C=O) groups excluding carboxylic acids is 2. The normalized spacial score (nSPS) is 17.1. The maximum absolute atomic E-state index is 11.3. The largest absolute Gasteiger partial charge is 0.544 e. The number of thiophene rings is 1. The summed E-state index contributed by atoms with van der Waals surface area (Å²) >= 11 is 7.01. The first-order chi connectivity index (χ1) is 9.61. The number of aromatic carboxylic acids is 1. The number of fused-ring (bicyclic) bond motifs is 1. The summed E-state index contributed by atoms with van der Waals surface area (Å²) in [6.45, 7) is 0.994. The van der Waals surface area contributed by atoms with Gasteiger partial charge in [-0.1, -0.05) is 11.6 Å². The third-order valence-electron chi connectivity index (χ3n) is 2.93. The van der Waals surface area contributed by atoms with E-state index in [9.17, 15) is 14.7 Å². The van der Waals surface area contributed by atoms with Crippen molar-refractivity contribution in [2.24, 2.45) is 0 Å². The van der Waals surface area contributed by atoms with Crippen LogP contribution in [0.5, 0.6) is 5.75 Å². The van der Waals surface area contributed by atoms with Gasteiger partial charge in [-0.05, 0) is 12.1 Å². The first-order valence-electron chi connectivity index (χ1n) is 5.77. The van der Waals surface area contributed by atoms with Gasteiger partial charge in [0.2, 0.25) is 0 Å². The van der Waals surface area contributed by atoms with Crippen LogP contribution in [-0.4, -0.2) is 31.6 Å². The predicted molar refractivity (Wildman–Crippen MR) is 71.8 cm³/mol. The standard InChI is InChI=1S/C13H9ClO5S/c14-11-10-7(3-15)8(19-5-6-4-18-6)1-2-9(10)20-12(11)13(16)17/h1-3,6H,4-5H2,(H,16,17)/p-1. The van der Waals surface area contributed by atoms with E-state index in [1.807, 2.05) is 0 Å². The lowest BCUT2D eigenvalue weighted by Gasteiger charge is -2.08. The molecule has 1 aromatic heterocycles. The monoisotopic (exact) mass is 311 g/mol. The Labute approximate surface area is 122 Å². The van der Waals surface area contributed by atoms with Crippen LogP contribution < -0.4 is 9.84 Å². The molecule has 1 aromatic carbocycles. The first-order valence-corrected chi connectivity index (χ1v) is 6.97. The number of halogens is 1. The minimum atomic E-state index is -1.36. The van der Waals surface area contributed by atoms with Gasteiger partial charge in [0.15, 0.2) is 6.29 Å². The van der Waals surface area contributed by atoms with Crippen molar-refractivity contribution in [2.45, 2.75) is 6.10 Å². The van der Waals surface area contributed by atoms with Crippen LogP contribution in [-0.2, 0) is 4.74 Å². The summed E-state index contributed by atoms with van der Waals surface area (Å²) in [6.07, 6.45) is 0.672. The second-order valence-corrected chi connectivity index (χ2v) is 5.70. The minimum absolute atomic E-state index is 0.0141. The Morgan fingerprint density at radius 1 is 1.60 bits per heavy atom. The van der Waals surface area contributed by atoms with Gasteiger partial charge in [-0.3, -0.25) is 4.79 Å². The van der Waals surface area contributed by atoms with Crippen molar-refractivity contribution in [1.29, 1.82) is 0 Å². The highest BCUT2D eigenvalue weighted by atomic mass is 35.5. The van der Waals surface area contributed by atoms with Gasteiger partial charge in [0.05, 0.1) is 28.0 Å². The highest BCUT2D eigenvalue weighted by molar-refractivity contribution is 7.21. The predicted octanol–water partition coefficient (Wildman–Crippen LogP) is 1.51. The maximum Gasteiger partial charge on any atom is 0.154 e. The fraction of sp³-hybridized carbons (Fsp3) is 0.231. The lowest BCUT2D eigenvalue weighted by Crippen LogP contribution is -2.21. The molecule has 1 aliphatic heterocycles. The molecule has 0 aliphatic carbocycles. The highest BCUT2D eigenvalue weighted by Crippen LogP contribution is 2.40. The quantitative estimate of drug-likeness (QED) is 0.617. The molecule has 2 heterocycles. The second-order valence-electron chi connectivity index (χ2n) is 4.27. The summed E-state index contributed by atoms with van der Waals surface area (Å²) < 4.78 is 11.1. The number of benzene rings is 1. The lowest BCUT2D eigenvalue weighted by molar-refractivity contribution is -0.254. The molecule has 0 radical (unpaired) electrons. The fourth-order valence-corrected chi connectivity index (χ4v) is 3.28. The van der Waals surface area contributed by atoms with Crippen molar-refractivity contribution in [2.75, 3.05) is 13.2 Å². The molecule has 104 valence electrons. The SMILES string of the molecule is O=Cc1c(OCC2CO2)ccc2sc(C(=O)[O-])c(Cl)c12. The van der Waals surface area contributed by atoms with Gasteiger partial charge in [0.1, 0.15) is 18.5 Å². The van der Waals surface area contributed by atoms with Crippen LogP contribution in [0, 0.1) is 0 Å². The first kappa shape index (κ1) is 13.4. The number of carboxylic acids is 1. The van der Waals surface area contributed by atoms with Crippen molar-refractivity contribution in [1.82, 2.24) is 0 Å². The zero-order chi connectivity index (χ0) is 14.3. The van der Waals surface area contributed by atoms with E-state index in [2.05, 4.69) is 0 Å². The molecule has 1 fully saturated rings. The molecule has 0 N–H and O–H groups in total. The van der Waals surface area contributed by atoms with Gasteiger partial charge in [0.25, 0.3) is 0 Å². The molecule has 1 atom stereocenters. The van der Waals surface area contributed by atoms with E-state index in [1.54, 1.807) is 12.1 Å².